The summed E-state index contributed by atoms with van der Waals surface area (Å²) in [6.45, 7) is 7.62. The van der Waals surface area contributed by atoms with E-state index in [0.717, 1.165) is 5.57 Å². The number of hydrogen-bond acceptors (Lipinski definition) is 2. The van der Waals surface area contributed by atoms with Crippen LogP contribution in [0.25, 0.3) is 0 Å². The van der Waals surface area contributed by atoms with Crippen LogP contribution >= 0.6 is 0 Å². The van der Waals surface area contributed by atoms with Gasteiger partial charge < -0.3 is 9.47 Å². The van der Waals surface area contributed by atoms with E-state index in [-0.39, 0.29) is 11.7 Å². The fraction of sp³-hybridized carbons (Fsp3) is 0.385. The van der Waals surface area contributed by atoms with Crippen molar-refractivity contribution >= 4 is 0 Å². The molecule has 0 aromatic heterocycles. The summed E-state index contributed by atoms with van der Waals surface area (Å²) in [5.74, 6) is 0.595. The smallest absolute Gasteiger partial charge is 0.163 e. The molecular weight excluding hydrogens is 207 g/mol. The lowest BCUT2D eigenvalue weighted by molar-refractivity contribution is 0.351. The van der Waals surface area contributed by atoms with E-state index < -0.39 is 0 Å². The molecule has 16 heavy (non-hydrogen) atoms. The van der Waals surface area contributed by atoms with Gasteiger partial charge >= 0.3 is 0 Å². The summed E-state index contributed by atoms with van der Waals surface area (Å²) in [7, 11) is 3.02. The molecule has 0 saturated carbocycles. The summed E-state index contributed by atoms with van der Waals surface area (Å²) in [6.07, 6.45) is 0. The molecule has 0 aliphatic heterocycles. The molecule has 0 N–H and O–H groups in total. The summed E-state index contributed by atoms with van der Waals surface area (Å²) in [6, 6.07) is 3.00. The van der Waals surface area contributed by atoms with Crippen LogP contribution in [-0.2, 0) is 0 Å². The van der Waals surface area contributed by atoms with E-state index >= 15 is 0 Å². The third-order valence-corrected chi connectivity index (χ3v) is 2.71. The Bertz CT molecular complexity index is 399. The monoisotopic (exact) mass is 224 g/mol. The molecule has 0 aliphatic carbocycles. The lowest BCUT2D eigenvalue weighted by atomic mass is 9.94. The second-order valence-electron chi connectivity index (χ2n) is 3.80. The summed E-state index contributed by atoms with van der Waals surface area (Å²) in [5.41, 5.74) is 1.48. The number of methoxy groups -OCH3 is 2. The van der Waals surface area contributed by atoms with Crippen LogP contribution in [0.3, 0.4) is 0 Å². The van der Waals surface area contributed by atoms with Gasteiger partial charge in [0.15, 0.2) is 11.5 Å². The van der Waals surface area contributed by atoms with Crippen molar-refractivity contribution in [2.45, 2.75) is 19.8 Å². The van der Waals surface area contributed by atoms with Gasteiger partial charge in [0.05, 0.1) is 14.2 Å². The third kappa shape index (κ3) is 2.35. The molecule has 0 fully saturated rings. The molecule has 1 atom stereocenters. The second-order valence-corrected chi connectivity index (χ2v) is 3.80. The molecule has 1 aromatic rings. The van der Waals surface area contributed by atoms with Gasteiger partial charge in [-0.2, -0.15) is 0 Å². The normalized spacial score (nSPS) is 12.1. The standard InChI is InChI=1S/C13H17FO2/c1-8(2)9(3)10-6-12(15-4)13(16-5)7-11(10)14/h6-7,9H,1H2,2-5H3. The van der Waals surface area contributed by atoms with Gasteiger partial charge in [0.1, 0.15) is 5.82 Å². The third-order valence-electron chi connectivity index (χ3n) is 2.71. The van der Waals surface area contributed by atoms with E-state index in [1.54, 1.807) is 6.07 Å². The van der Waals surface area contributed by atoms with E-state index in [1.807, 2.05) is 13.8 Å². The highest BCUT2D eigenvalue weighted by molar-refractivity contribution is 5.46. The van der Waals surface area contributed by atoms with Crippen molar-refractivity contribution in [2.24, 2.45) is 0 Å². The van der Waals surface area contributed by atoms with Gasteiger partial charge in [-0.15, -0.1) is 0 Å². The van der Waals surface area contributed by atoms with Crippen molar-refractivity contribution in [1.29, 1.82) is 0 Å². The zero-order valence-corrected chi connectivity index (χ0v) is 10.1. The Balaban J connectivity index is 3.26. The van der Waals surface area contributed by atoms with Crippen molar-refractivity contribution in [3.05, 3.63) is 35.7 Å². The first kappa shape index (κ1) is 12.6. The Morgan fingerprint density at radius 1 is 1.25 bits per heavy atom. The van der Waals surface area contributed by atoms with Crippen molar-refractivity contribution in [2.75, 3.05) is 14.2 Å². The molecule has 0 saturated heterocycles. The fourth-order valence-electron chi connectivity index (χ4n) is 1.47. The van der Waals surface area contributed by atoms with Gasteiger partial charge in [-0.25, -0.2) is 4.39 Å². The quantitative estimate of drug-likeness (QED) is 0.728. The Morgan fingerprint density at radius 2 is 1.75 bits per heavy atom. The number of hydrogen-bond donors (Lipinski definition) is 0. The SMILES string of the molecule is C=C(C)C(C)c1cc(OC)c(OC)cc1F. The Hall–Kier alpha value is -1.51. The van der Waals surface area contributed by atoms with Crippen LogP contribution in [0.2, 0.25) is 0 Å². The van der Waals surface area contributed by atoms with E-state index in [4.69, 9.17) is 9.47 Å². The molecular formula is C13H17FO2. The number of rotatable bonds is 4. The van der Waals surface area contributed by atoms with Gasteiger partial charge in [-0.3, -0.25) is 0 Å². The van der Waals surface area contributed by atoms with Crippen molar-refractivity contribution < 1.29 is 13.9 Å². The minimum atomic E-state index is -0.298. The zero-order valence-electron chi connectivity index (χ0n) is 10.1. The molecule has 0 radical (unpaired) electrons. The van der Waals surface area contributed by atoms with Gasteiger partial charge in [0.2, 0.25) is 0 Å². The molecule has 1 rings (SSSR count). The van der Waals surface area contributed by atoms with Crippen LogP contribution in [0, 0.1) is 5.82 Å². The molecule has 1 unspecified atom stereocenters. The van der Waals surface area contributed by atoms with Crippen molar-refractivity contribution in [3.63, 3.8) is 0 Å². The average molecular weight is 224 g/mol. The van der Waals surface area contributed by atoms with Crippen LogP contribution in [0.5, 0.6) is 11.5 Å². The minimum absolute atomic E-state index is 0.0418. The first-order chi connectivity index (χ1) is 7.51. The van der Waals surface area contributed by atoms with Gasteiger partial charge in [0, 0.05) is 12.0 Å². The number of allylic oxidation sites excluding steroid dienone is 1. The lowest BCUT2D eigenvalue weighted by Crippen LogP contribution is -2.01. The summed E-state index contributed by atoms with van der Waals surface area (Å²) in [4.78, 5) is 0. The van der Waals surface area contributed by atoms with Gasteiger partial charge in [0.25, 0.3) is 0 Å². The van der Waals surface area contributed by atoms with Gasteiger partial charge in [-0.1, -0.05) is 19.1 Å². The Kier molecular flexibility index (Phi) is 3.93. The molecule has 2 nitrogen and oxygen atoms in total. The predicted molar refractivity (Wildman–Crippen MR) is 62.7 cm³/mol. The second kappa shape index (κ2) is 5.01. The zero-order chi connectivity index (χ0) is 12.3. The first-order valence-corrected chi connectivity index (χ1v) is 5.08. The largest absolute Gasteiger partial charge is 0.493 e. The van der Waals surface area contributed by atoms with E-state index in [1.165, 1.54) is 20.3 Å². The van der Waals surface area contributed by atoms with Crippen LogP contribution in [0.1, 0.15) is 25.3 Å². The van der Waals surface area contributed by atoms with Gasteiger partial charge in [-0.05, 0) is 18.6 Å². The molecule has 0 heterocycles. The minimum Gasteiger partial charge on any atom is -0.493 e. The molecule has 0 amide bonds. The van der Waals surface area contributed by atoms with Crippen LogP contribution in [-0.4, -0.2) is 14.2 Å². The summed E-state index contributed by atoms with van der Waals surface area (Å²) >= 11 is 0. The average Bonchev–Trinajstić information content (AvgIpc) is 2.27. The maximum Gasteiger partial charge on any atom is 0.163 e. The highest BCUT2D eigenvalue weighted by atomic mass is 19.1. The molecule has 1 aromatic carbocycles. The predicted octanol–water partition coefficient (Wildman–Crippen LogP) is 3.52. The Morgan fingerprint density at radius 3 is 2.19 bits per heavy atom. The number of ether oxygens (including phenoxy) is 2. The summed E-state index contributed by atoms with van der Waals surface area (Å²) < 4.78 is 24.0. The summed E-state index contributed by atoms with van der Waals surface area (Å²) in [5, 5.41) is 0. The fourth-order valence-corrected chi connectivity index (χ4v) is 1.47. The highest BCUT2D eigenvalue weighted by Gasteiger charge is 2.16. The first-order valence-electron chi connectivity index (χ1n) is 5.08. The molecule has 0 bridgehead atoms. The van der Waals surface area contributed by atoms with E-state index in [2.05, 4.69) is 6.58 Å². The maximum absolute atomic E-state index is 13.8. The maximum atomic E-state index is 13.8. The number of benzene rings is 1. The van der Waals surface area contributed by atoms with Crippen LogP contribution in [0.15, 0.2) is 24.3 Å². The van der Waals surface area contributed by atoms with Crippen molar-refractivity contribution in [1.82, 2.24) is 0 Å². The molecule has 0 aliphatic rings. The highest BCUT2D eigenvalue weighted by Crippen LogP contribution is 2.34. The molecule has 3 heteroatoms. The van der Waals surface area contributed by atoms with Crippen LogP contribution < -0.4 is 9.47 Å². The Labute approximate surface area is 95.7 Å². The van der Waals surface area contributed by atoms with E-state index in [9.17, 15) is 4.39 Å². The van der Waals surface area contributed by atoms with Crippen molar-refractivity contribution in [3.8, 4) is 11.5 Å². The molecule has 88 valence electrons. The topological polar surface area (TPSA) is 18.5 Å². The number of halogens is 1. The van der Waals surface area contributed by atoms with E-state index in [0.29, 0.717) is 17.1 Å². The van der Waals surface area contributed by atoms with Crippen LogP contribution in [0.4, 0.5) is 4.39 Å². The molecule has 0 spiro atoms. The lowest BCUT2D eigenvalue weighted by Gasteiger charge is -2.16.